The van der Waals surface area contributed by atoms with Crippen molar-refractivity contribution in [3.63, 3.8) is 0 Å². The molecule has 0 aromatic heterocycles. The van der Waals surface area contributed by atoms with E-state index in [9.17, 15) is 61.2 Å². The fourth-order valence-electron chi connectivity index (χ4n) is 11.8. The van der Waals surface area contributed by atoms with Crippen molar-refractivity contribution in [1.29, 1.82) is 0 Å². The van der Waals surface area contributed by atoms with Crippen LogP contribution in [0.4, 0.5) is 22.0 Å². The minimum Gasteiger partial charge on any atom is -0.460 e. The summed E-state index contributed by atoms with van der Waals surface area (Å²) in [7, 11) is 2.92. The van der Waals surface area contributed by atoms with Crippen LogP contribution < -0.4 is 0 Å². The second-order valence-corrected chi connectivity index (χ2v) is 25.0. The first-order valence-electron chi connectivity index (χ1n) is 29.6. The zero-order chi connectivity index (χ0) is 62.4. The Bertz CT molecular complexity index is 2280. The summed E-state index contributed by atoms with van der Waals surface area (Å²) in [6.07, 6.45) is 2.61. The highest BCUT2D eigenvalue weighted by atomic mass is 19.4. The molecule has 0 aromatic carbocycles. The van der Waals surface area contributed by atoms with Gasteiger partial charge in [0.1, 0.15) is 35.7 Å². The predicted molar refractivity (Wildman–Crippen MR) is 300 cm³/mol. The molecule has 2 unspecified atom stereocenters. The maximum absolute atomic E-state index is 14.7. The first kappa shape index (κ1) is 71.7. The Morgan fingerprint density at radius 1 is 0.831 bits per heavy atom. The number of fused-ring (bicyclic) bond motifs is 3. The number of allylic oxidation sites excluding steroid dienone is 6. The molecule has 1 aliphatic carbocycles. The average molecular weight is 1190 g/mol. The van der Waals surface area contributed by atoms with Crippen molar-refractivity contribution in [3.8, 4) is 0 Å². The summed E-state index contributed by atoms with van der Waals surface area (Å²) in [4.78, 5) is 73.2. The average Bonchev–Trinajstić information content (AvgIpc) is 2.75. The number of methoxy groups -OCH3 is 2. The minimum atomic E-state index is -5.86. The number of halogens is 5. The molecular weight excluding hydrogens is 1090 g/mol. The number of esters is 1. The number of carbonyl (C=O) groups is 5. The number of hydrogen-bond acceptors (Lipinski definition) is 15. The SMILES string of the molecule is CO[C@@H]1CC(C[C@@H](C)C2CC(=O)[C@H](C)/C=C(\C)[C@@H](O)[C@@H](OC)C(=O)[C@H](C)C[C@H](C)/C=C/C=C/C=C(\C)[C@@H](OC(C)(C)CCOC(C)(C)C(F)(F)C(F)(F)F)C[C@@H]3CC[C@@H](C)[C@@](O)(O3)C(=O)C(=O)N3CCCC[C@H]3C(=O)O2)CC[C@H]1OCCO. The smallest absolute Gasteiger partial charge is 0.456 e. The van der Waals surface area contributed by atoms with Gasteiger partial charge in [0.25, 0.3) is 11.7 Å². The highest BCUT2D eigenvalue weighted by Crippen LogP contribution is 2.46. The summed E-state index contributed by atoms with van der Waals surface area (Å²) < 4.78 is 111. The van der Waals surface area contributed by atoms with Gasteiger partial charge < -0.3 is 53.4 Å². The molecule has 16 nitrogen and oxygen atoms in total. The number of aliphatic hydroxyl groups is 3. The summed E-state index contributed by atoms with van der Waals surface area (Å²) in [6, 6.07) is -1.27. The molecule has 15 atom stereocenters. The topological polar surface area (TPSA) is 214 Å². The molecule has 0 spiro atoms. The number of ether oxygens (including phenoxy) is 7. The van der Waals surface area contributed by atoms with Gasteiger partial charge in [-0.05, 0) is 141 Å². The number of rotatable bonds is 15. The number of piperidine rings is 1. The number of hydrogen-bond donors (Lipinski definition) is 3. The molecule has 3 fully saturated rings. The van der Waals surface area contributed by atoms with E-state index < -0.39 is 114 Å². The van der Waals surface area contributed by atoms with E-state index in [1.807, 2.05) is 19.9 Å². The van der Waals surface area contributed by atoms with E-state index >= 15 is 0 Å². The van der Waals surface area contributed by atoms with E-state index in [4.69, 9.17) is 33.2 Å². The van der Waals surface area contributed by atoms with Crippen molar-refractivity contribution in [2.24, 2.45) is 35.5 Å². The van der Waals surface area contributed by atoms with Crippen molar-refractivity contribution in [2.45, 2.75) is 237 Å². The van der Waals surface area contributed by atoms with Gasteiger partial charge in [0.2, 0.25) is 5.79 Å². The van der Waals surface area contributed by atoms with E-state index in [1.54, 1.807) is 86.0 Å². The first-order valence-corrected chi connectivity index (χ1v) is 29.6. The van der Waals surface area contributed by atoms with Gasteiger partial charge in [-0.15, -0.1) is 0 Å². The van der Waals surface area contributed by atoms with Gasteiger partial charge in [-0.3, -0.25) is 19.2 Å². The Kier molecular flexibility index (Phi) is 27.0. The number of aliphatic hydroxyl groups excluding tert-OH is 2. The maximum Gasteiger partial charge on any atom is 0.456 e. The second kappa shape index (κ2) is 31.2. The van der Waals surface area contributed by atoms with Crippen molar-refractivity contribution in [1.82, 2.24) is 4.90 Å². The van der Waals surface area contributed by atoms with Gasteiger partial charge in [0.05, 0.1) is 49.8 Å². The summed E-state index contributed by atoms with van der Waals surface area (Å²) >= 11 is 0. The Hall–Kier alpha value is -3.80. The van der Waals surface area contributed by atoms with Gasteiger partial charge >= 0.3 is 18.1 Å². The van der Waals surface area contributed by atoms with Crippen molar-refractivity contribution in [2.75, 3.05) is 40.6 Å². The van der Waals surface area contributed by atoms with Crippen molar-refractivity contribution in [3.05, 3.63) is 47.6 Å². The molecule has 3 heterocycles. The molecule has 4 aliphatic rings. The monoisotopic (exact) mass is 1190 g/mol. The lowest BCUT2D eigenvalue weighted by atomic mass is 9.78. The Morgan fingerprint density at radius 2 is 1.52 bits per heavy atom. The van der Waals surface area contributed by atoms with Crippen LogP contribution in [0.25, 0.3) is 0 Å². The summed E-state index contributed by atoms with van der Waals surface area (Å²) in [5, 5.41) is 33.3. The zero-order valence-corrected chi connectivity index (χ0v) is 51.1. The van der Waals surface area contributed by atoms with Gasteiger partial charge in [-0.2, -0.15) is 22.0 Å². The quantitative estimate of drug-likeness (QED) is 0.0602. The molecule has 21 heteroatoms. The third-order valence-electron chi connectivity index (χ3n) is 17.3. The molecule has 474 valence electrons. The standard InChI is InChI=1S/C62H96F5NO15/c1-37-19-15-14-16-20-38(2)50(83-58(8,9)26-29-80-59(10,11)61(63,64)62(65,66)67)35-45-24-22-43(7)60(76,82-45)55(73)56(74)68-27-18-17-21-46(68)57(75)81-49(40(4)33-44-23-25-48(79-30-28-69)51(34-44)77-12)36-47(70)39(3)32-42(6)53(72)54(78-13)52(71)41(5)31-37/h14-16,19-20,32,37,39-41,43-46,48-51,53-54,69,72,76H,17-18,21-31,33-36H2,1-13H3/b16-14+,19-15+,38-20+,42-32+/t37-,39-,40-,41-,43-,44?,45+,46+,48-,49?,50+,51-,53-,54+,60-/m1/s1. The second-order valence-electron chi connectivity index (χ2n) is 25.0. The lowest BCUT2D eigenvalue weighted by Gasteiger charge is -2.43. The normalized spacial score (nSPS) is 35.1. The predicted octanol–water partition coefficient (Wildman–Crippen LogP) is 9.73. The molecule has 2 bridgehead atoms. The van der Waals surface area contributed by atoms with Crippen LogP contribution >= 0.6 is 0 Å². The molecule has 1 amide bonds. The van der Waals surface area contributed by atoms with E-state index in [1.165, 1.54) is 7.11 Å². The highest BCUT2D eigenvalue weighted by Gasteiger charge is 2.67. The molecule has 83 heavy (non-hydrogen) atoms. The van der Waals surface area contributed by atoms with Crippen molar-refractivity contribution >= 4 is 29.2 Å². The minimum absolute atomic E-state index is 0.0137. The molecule has 0 aromatic rings. The molecule has 1 saturated carbocycles. The number of carbonyl (C=O) groups excluding carboxylic acids is 5. The van der Waals surface area contributed by atoms with Gasteiger partial charge in [0, 0.05) is 51.4 Å². The zero-order valence-electron chi connectivity index (χ0n) is 51.1. The lowest BCUT2D eigenvalue weighted by Crippen LogP contribution is -2.61. The van der Waals surface area contributed by atoms with Crippen LogP contribution in [0, 0.1) is 35.5 Å². The summed E-state index contributed by atoms with van der Waals surface area (Å²) in [6.45, 7) is 16.1. The number of amides is 1. The number of cyclic esters (lactones) is 1. The van der Waals surface area contributed by atoms with Crippen LogP contribution in [0.15, 0.2) is 47.6 Å². The van der Waals surface area contributed by atoms with Gasteiger partial charge in [-0.25, -0.2) is 4.79 Å². The van der Waals surface area contributed by atoms with E-state index in [2.05, 4.69) is 0 Å². The van der Waals surface area contributed by atoms with Crippen LogP contribution in [0.5, 0.6) is 0 Å². The third kappa shape index (κ3) is 19.3. The van der Waals surface area contributed by atoms with Gasteiger partial charge in [0.15, 0.2) is 5.78 Å². The molecule has 3 N–H and O–H groups in total. The third-order valence-corrected chi connectivity index (χ3v) is 17.3. The molecular formula is C62H96F5NO15. The maximum atomic E-state index is 14.7. The molecule has 3 aliphatic heterocycles. The fourth-order valence-corrected chi connectivity index (χ4v) is 11.8. The number of Topliss-reactive ketones (excluding diaryl/α,β-unsaturated/α-hetero) is 3. The van der Waals surface area contributed by atoms with Crippen molar-refractivity contribution < 1.29 is 94.4 Å². The number of alkyl halides is 5. The lowest BCUT2D eigenvalue weighted by molar-refractivity contribution is -0.342. The summed E-state index contributed by atoms with van der Waals surface area (Å²) in [5.41, 5.74) is -3.23. The van der Waals surface area contributed by atoms with Crippen LogP contribution in [0.1, 0.15) is 160 Å². The van der Waals surface area contributed by atoms with Crippen LogP contribution in [-0.2, 0) is 57.1 Å². The molecule has 0 radical (unpaired) electrons. The largest absolute Gasteiger partial charge is 0.460 e. The van der Waals surface area contributed by atoms with Crippen LogP contribution in [0.2, 0.25) is 0 Å². The first-order chi connectivity index (χ1) is 38.6. The Balaban J connectivity index is 1.74. The van der Waals surface area contributed by atoms with Crippen LogP contribution in [-0.4, -0.2) is 168 Å². The summed E-state index contributed by atoms with van der Waals surface area (Å²) in [5.74, 6) is -14.6. The van der Waals surface area contributed by atoms with E-state index in [0.29, 0.717) is 69.9 Å². The van der Waals surface area contributed by atoms with Crippen LogP contribution in [0.3, 0.4) is 0 Å². The van der Waals surface area contributed by atoms with E-state index in [-0.39, 0.29) is 87.5 Å². The number of nitrogens with zero attached hydrogens (tertiary/aromatic N) is 1. The molecule has 4 rings (SSSR count). The van der Waals surface area contributed by atoms with E-state index in [0.717, 1.165) is 11.3 Å². The number of ketones is 3. The Labute approximate surface area is 488 Å². The highest BCUT2D eigenvalue weighted by molar-refractivity contribution is 6.39. The molecule has 2 saturated heterocycles. The Morgan fingerprint density at radius 3 is 2.16 bits per heavy atom. The van der Waals surface area contributed by atoms with Gasteiger partial charge in [-0.1, -0.05) is 71.1 Å². The fraction of sp³-hybridized carbons (Fsp3) is 0.790.